The molecular formula is C18H18FN3O2. The highest BCUT2D eigenvalue weighted by Gasteiger charge is 2.41. The van der Waals surface area contributed by atoms with Crippen molar-refractivity contribution in [3.8, 4) is 11.6 Å². The zero-order valence-electron chi connectivity index (χ0n) is 13.4. The molecule has 1 aliphatic heterocycles. The molecule has 3 heterocycles. The van der Waals surface area contributed by atoms with Crippen molar-refractivity contribution in [1.29, 1.82) is 0 Å². The highest BCUT2D eigenvalue weighted by molar-refractivity contribution is 5.48. The van der Waals surface area contributed by atoms with Gasteiger partial charge in [-0.3, -0.25) is 0 Å². The number of rotatable bonds is 3. The number of benzene rings is 1. The summed E-state index contributed by atoms with van der Waals surface area (Å²) < 4.78 is 26.8. The minimum atomic E-state index is -0.428. The van der Waals surface area contributed by atoms with Crippen LogP contribution in [0.1, 0.15) is 24.3 Å². The van der Waals surface area contributed by atoms with E-state index in [0.717, 1.165) is 24.1 Å². The first-order valence-electron chi connectivity index (χ1n) is 7.98. The minimum absolute atomic E-state index is 0.254. The van der Waals surface area contributed by atoms with Crippen molar-refractivity contribution < 1.29 is 13.5 Å². The Labute approximate surface area is 139 Å². The third-order valence-corrected chi connectivity index (χ3v) is 4.74. The van der Waals surface area contributed by atoms with Crippen LogP contribution in [0, 0.1) is 5.82 Å². The van der Waals surface area contributed by atoms with E-state index in [4.69, 9.17) is 9.15 Å². The summed E-state index contributed by atoms with van der Waals surface area (Å²) in [6.07, 6.45) is 3.39. The highest BCUT2D eigenvalue weighted by atomic mass is 19.1. The van der Waals surface area contributed by atoms with E-state index in [1.807, 2.05) is 29.9 Å². The molecule has 24 heavy (non-hydrogen) atoms. The summed E-state index contributed by atoms with van der Waals surface area (Å²) in [5.41, 5.74) is 1.42. The molecule has 0 bridgehead atoms. The van der Waals surface area contributed by atoms with Crippen molar-refractivity contribution in [3.05, 3.63) is 59.9 Å². The van der Waals surface area contributed by atoms with Crippen LogP contribution in [0.5, 0.6) is 0 Å². The van der Waals surface area contributed by atoms with Crippen molar-refractivity contribution in [2.75, 3.05) is 13.2 Å². The number of nitrogens with zero attached hydrogens (tertiary/aromatic N) is 3. The van der Waals surface area contributed by atoms with Gasteiger partial charge in [0, 0.05) is 26.5 Å². The Bertz CT molecular complexity index is 832. The largest absolute Gasteiger partial charge is 0.418 e. The number of aryl methyl sites for hydroxylation is 1. The van der Waals surface area contributed by atoms with Gasteiger partial charge in [0.25, 0.3) is 5.89 Å². The summed E-state index contributed by atoms with van der Waals surface area (Å²) in [5.74, 6) is 0.801. The quantitative estimate of drug-likeness (QED) is 0.740. The molecule has 0 radical (unpaired) electrons. The Hall–Kier alpha value is -2.47. The van der Waals surface area contributed by atoms with Crippen LogP contribution in [0.3, 0.4) is 0 Å². The van der Waals surface area contributed by atoms with Crippen LogP contribution in [0.4, 0.5) is 4.39 Å². The van der Waals surface area contributed by atoms with Crippen molar-refractivity contribution in [3.63, 3.8) is 0 Å². The molecule has 1 fully saturated rings. The van der Waals surface area contributed by atoms with Gasteiger partial charge >= 0.3 is 0 Å². The first kappa shape index (κ1) is 15.1. The van der Waals surface area contributed by atoms with Crippen LogP contribution in [0.2, 0.25) is 0 Å². The summed E-state index contributed by atoms with van der Waals surface area (Å²) in [6, 6.07) is 10.4. The summed E-state index contributed by atoms with van der Waals surface area (Å²) in [4.78, 5) is 0. The maximum Gasteiger partial charge on any atom is 0.264 e. The van der Waals surface area contributed by atoms with Gasteiger partial charge in [0.15, 0.2) is 0 Å². The Morgan fingerprint density at radius 2 is 1.83 bits per heavy atom. The summed E-state index contributed by atoms with van der Waals surface area (Å²) >= 11 is 0. The second-order valence-electron chi connectivity index (χ2n) is 6.12. The lowest BCUT2D eigenvalue weighted by molar-refractivity contribution is 0.0546. The molecule has 1 aliphatic rings. The lowest BCUT2D eigenvalue weighted by atomic mass is 9.74. The van der Waals surface area contributed by atoms with Crippen LogP contribution in [-0.4, -0.2) is 28.0 Å². The summed E-state index contributed by atoms with van der Waals surface area (Å²) in [7, 11) is 1.93. The molecule has 0 saturated carbocycles. The van der Waals surface area contributed by atoms with Crippen molar-refractivity contribution in [2.45, 2.75) is 18.3 Å². The molecular weight excluding hydrogens is 309 g/mol. The first-order chi connectivity index (χ1) is 11.7. The summed E-state index contributed by atoms with van der Waals surface area (Å²) in [6.45, 7) is 1.22. The second-order valence-corrected chi connectivity index (χ2v) is 6.12. The van der Waals surface area contributed by atoms with Gasteiger partial charge in [-0.2, -0.15) is 0 Å². The molecule has 1 saturated heterocycles. The predicted octanol–water partition coefficient (Wildman–Crippen LogP) is 3.31. The van der Waals surface area contributed by atoms with E-state index in [9.17, 15) is 4.39 Å². The maximum atomic E-state index is 13.3. The Morgan fingerprint density at radius 3 is 2.50 bits per heavy atom. The van der Waals surface area contributed by atoms with Crippen LogP contribution in [0.15, 0.2) is 47.0 Å². The van der Waals surface area contributed by atoms with E-state index in [1.54, 1.807) is 12.1 Å². The standard InChI is InChI=1S/C18H18FN3O2/c1-22-10-2-3-15(22)16-20-21-17(24-16)18(8-11-23-12-9-18)13-4-6-14(19)7-5-13/h2-7,10H,8-9,11-12H2,1H3. The molecule has 6 heteroatoms. The molecule has 0 spiro atoms. The molecule has 124 valence electrons. The lowest BCUT2D eigenvalue weighted by Crippen LogP contribution is -2.35. The van der Waals surface area contributed by atoms with E-state index in [0.29, 0.717) is 25.0 Å². The number of halogens is 1. The molecule has 0 N–H and O–H groups in total. The summed E-state index contributed by atoms with van der Waals surface area (Å²) in [5, 5.41) is 8.56. The first-order valence-corrected chi connectivity index (χ1v) is 7.98. The van der Waals surface area contributed by atoms with Crippen LogP contribution in [0.25, 0.3) is 11.6 Å². The van der Waals surface area contributed by atoms with Gasteiger partial charge in [-0.25, -0.2) is 4.39 Å². The van der Waals surface area contributed by atoms with Crippen LogP contribution >= 0.6 is 0 Å². The number of ether oxygens (including phenoxy) is 1. The Kier molecular flexibility index (Phi) is 3.69. The molecule has 0 atom stereocenters. The van der Waals surface area contributed by atoms with Crippen LogP contribution in [-0.2, 0) is 17.2 Å². The Balaban J connectivity index is 1.79. The number of aromatic nitrogens is 3. The highest BCUT2D eigenvalue weighted by Crippen LogP contribution is 2.41. The average Bonchev–Trinajstić information content (AvgIpc) is 3.25. The third kappa shape index (κ3) is 2.43. The fraction of sp³-hybridized carbons (Fsp3) is 0.333. The molecule has 2 aromatic heterocycles. The van der Waals surface area contributed by atoms with Crippen molar-refractivity contribution in [2.24, 2.45) is 7.05 Å². The second kappa shape index (κ2) is 5.87. The van der Waals surface area contributed by atoms with Crippen molar-refractivity contribution >= 4 is 0 Å². The van der Waals surface area contributed by atoms with E-state index in [-0.39, 0.29) is 5.82 Å². The third-order valence-electron chi connectivity index (χ3n) is 4.74. The van der Waals surface area contributed by atoms with Gasteiger partial charge in [-0.15, -0.1) is 10.2 Å². The fourth-order valence-corrected chi connectivity index (χ4v) is 3.32. The SMILES string of the molecule is Cn1cccc1-c1nnc(C2(c3ccc(F)cc3)CCOCC2)o1. The molecule has 0 amide bonds. The fourth-order valence-electron chi connectivity index (χ4n) is 3.32. The van der Waals surface area contributed by atoms with E-state index in [2.05, 4.69) is 10.2 Å². The predicted molar refractivity (Wildman–Crippen MR) is 85.9 cm³/mol. The number of hydrogen-bond donors (Lipinski definition) is 0. The lowest BCUT2D eigenvalue weighted by Gasteiger charge is -2.34. The van der Waals surface area contributed by atoms with Gasteiger partial charge < -0.3 is 13.7 Å². The zero-order chi connectivity index (χ0) is 16.6. The van der Waals surface area contributed by atoms with Crippen LogP contribution < -0.4 is 0 Å². The normalized spacial score (nSPS) is 17.1. The molecule has 5 nitrogen and oxygen atoms in total. The van der Waals surface area contributed by atoms with E-state index >= 15 is 0 Å². The average molecular weight is 327 g/mol. The van der Waals surface area contributed by atoms with Gasteiger partial charge in [0.05, 0.1) is 5.41 Å². The molecule has 4 rings (SSSR count). The molecule has 0 unspecified atom stereocenters. The smallest absolute Gasteiger partial charge is 0.264 e. The zero-order valence-corrected chi connectivity index (χ0v) is 13.4. The van der Waals surface area contributed by atoms with Gasteiger partial charge in [-0.1, -0.05) is 12.1 Å². The van der Waals surface area contributed by atoms with Gasteiger partial charge in [-0.05, 0) is 42.7 Å². The molecule has 1 aromatic carbocycles. The minimum Gasteiger partial charge on any atom is -0.418 e. The maximum absolute atomic E-state index is 13.3. The number of hydrogen-bond acceptors (Lipinski definition) is 4. The monoisotopic (exact) mass is 327 g/mol. The molecule has 3 aromatic rings. The Morgan fingerprint density at radius 1 is 1.08 bits per heavy atom. The van der Waals surface area contributed by atoms with Crippen molar-refractivity contribution in [1.82, 2.24) is 14.8 Å². The van der Waals surface area contributed by atoms with Gasteiger partial charge in [0.2, 0.25) is 5.89 Å². The molecule has 0 aliphatic carbocycles. The topological polar surface area (TPSA) is 53.1 Å². The van der Waals surface area contributed by atoms with E-state index < -0.39 is 5.41 Å². The van der Waals surface area contributed by atoms with E-state index in [1.165, 1.54) is 12.1 Å². The van der Waals surface area contributed by atoms with Gasteiger partial charge in [0.1, 0.15) is 11.5 Å².